The molecule has 0 saturated carbocycles. The Labute approximate surface area is 104 Å². The Kier molecular flexibility index (Phi) is 2.69. The number of rotatable bonds is 2. The fourth-order valence-corrected chi connectivity index (χ4v) is 2.96. The van der Waals surface area contributed by atoms with E-state index in [9.17, 15) is 13.6 Å². The molecule has 5 heteroatoms. The molecule has 3 rings (SSSR count). The van der Waals surface area contributed by atoms with Crippen LogP contribution in [0.1, 0.15) is 19.3 Å². The molecule has 1 aromatic rings. The van der Waals surface area contributed by atoms with Gasteiger partial charge in [0.2, 0.25) is 5.91 Å². The number of carbonyl (C=O) groups is 1. The first-order valence-corrected chi connectivity index (χ1v) is 6.15. The summed E-state index contributed by atoms with van der Waals surface area (Å²) < 4.78 is 26.2. The van der Waals surface area contributed by atoms with Crippen LogP contribution in [-0.4, -0.2) is 29.4 Å². The number of fused-ring (bicyclic) bond motifs is 1. The topological polar surface area (TPSA) is 32.3 Å². The van der Waals surface area contributed by atoms with Gasteiger partial charge in [-0.15, -0.1) is 0 Å². The van der Waals surface area contributed by atoms with Crippen molar-refractivity contribution in [1.29, 1.82) is 0 Å². The zero-order valence-electron chi connectivity index (χ0n) is 9.83. The molecule has 2 aliphatic rings. The molecule has 2 unspecified atom stereocenters. The van der Waals surface area contributed by atoms with Gasteiger partial charge in [0.05, 0.1) is 12.1 Å². The van der Waals surface area contributed by atoms with Crippen molar-refractivity contribution in [2.24, 2.45) is 0 Å². The molecule has 2 heterocycles. The molecule has 1 aromatic carbocycles. The normalized spacial score (nSPS) is 26.6. The molecule has 1 amide bonds. The van der Waals surface area contributed by atoms with Gasteiger partial charge in [-0.2, -0.15) is 0 Å². The van der Waals surface area contributed by atoms with E-state index in [-0.39, 0.29) is 18.0 Å². The predicted molar refractivity (Wildman–Crippen MR) is 63.1 cm³/mol. The molecular formula is C13H14F2N2O. The molecule has 0 aliphatic carbocycles. The van der Waals surface area contributed by atoms with E-state index >= 15 is 0 Å². The zero-order valence-corrected chi connectivity index (χ0v) is 9.83. The van der Waals surface area contributed by atoms with Crippen LogP contribution in [-0.2, 0) is 4.79 Å². The van der Waals surface area contributed by atoms with Gasteiger partial charge in [-0.25, -0.2) is 8.78 Å². The van der Waals surface area contributed by atoms with Gasteiger partial charge in [0.15, 0.2) is 0 Å². The Morgan fingerprint density at radius 3 is 2.67 bits per heavy atom. The lowest BCUT2D eigenvalue weighted by atomic mass is 10.1. The Hall–Kier alpha value is -1.65. The van der Waals surface area contributed by atoms with Gasteiger partial charge in [-0.1, -0.05) is 0 Å². The summed E-state index contributed by atoms with van der Waals surface area (Å²) in [5.41, 5.74) is 0.402. The van der Waals surface area contributed by atoms with Crippen LogP contribution in [0.5, 0.6) is 0 Å². The third-order valence-corrected chi connectivity index (χ3v) is 3.69. The maximum Gasteiger partial charge on any atom is 0.225 e. The van der Waals surface area contributed by atoms with Gasteiger partial charge in [0, 0.05) is 24.7 Å². The van der Waals surface area contributed by atoms with Gasteiger partial charge in [0.1, 0.15) is 11.6 Å². The fraction of sp³-hybridized carbons (Fsp3) is 0.462. The second-order valence-electron chi connectivity index (χ2n) is 4.91. The first kappa shape index (κ1) is 11.4. The number of hydrogen-bond donors (Lipinski definition) is 1. The molecule has 0 bridgehead atoms. The van der Waals surface area contributed by atoms with Crippen LogP contribution < -0.4 is 5.32 Å². The summed E-state index contributed by atoms with van der Waals surface area (Å²) in [5, 5.41) is 3.08. The average molecular weight is 252 g/mol. The van der Waals surface area contributed by atoms with Crippen molar-refractivity contribution in [2.45, 2.75) is 31.3 Å². The second-order valence-corrected chi connectivity index (χ2v) is 4.91. The predicted octanol–water partition coefficient (Wildman–Crippen LogP) is 2.14. The molecule has 3 nitrogen and oxygen atoms in total. The van der Waals surface area contributed by atoms with E-state index in [1.54, 1.807) is 0 Å². The van der Waals surface area contributed by atoms with E-state index in [1.807, 2.05) is 4.90 Å². The lowest BCUT2D eigenvalue weighted by Crippen LogP contribution is -2.34. The highest BCUT2D eigenvalue weighted by atomic mass is 19.1. The van der Waals surface area contributed by atoms with Crippen LogP contribution in [0.4, 0.5) is 14.5 Å². The molecule has 2 aliphatic heterocycles. The molecule has 0 aromatic heterocycles. The van der Waals surface area contributed by atoms with Gasteiger partial charge >= 0.3 is 0 Å². The summed E-state index contributed by atoms with van der Waals surface area (Å²) >= 11 is 0. The summed E-state index contributed by atoms with van der Waals surface area (Å²) in [5.74, 6) is -1.08. The maximum atomic E-state index is 13.1. The van der Waals surface area contributed by atoms with E-state index in [4.69, 9.17) is 0 Å². The van der Waals surface area contributed by atoms with Crippen LogP contribution in [0.3, 0.4) is 0 Å². The molecule has 96 valence electrons. The van der Waals surface area contributed by atoms with Gasteiger partial charge in [-0.3, -0.25) is 4.79 Å². The number of hydrogen-bond acceptors (Lipinski definition) is 2. The quantitative estimate of drug-likeness (QED) is 0.874. The average Bonchev–Trinajstić information content (AvgIpc) is 2.83. The lowest BCUT2D eigenvalue weighted by molar-refractivity contribution is -0.127. The highest BCUT2D eigenvalue weighted by Crippen LogP contribution is 2.31. The smallest absolute Gasteiger partial charge is 0.225 e. The second kappa shape index (κ2) is 4.23. The molecule has 2 atom stereocenters. The van der Waals surface area contributed by atoms with Crippen LogP contribution in [0.2, 0.25) is 0 Å². The first-order chi connectivity index (χ1) is 8.63. The lowest BCUT2D eigenvalue weighted by Gasteiger charge is -2.21. The van der Waals surface area contributed by atoms with E-state index in [1.165, 1.54) is 12.1 Å². The van der Waals surface area contributed by atoms with Crippen LogP contribution >= 0.6 is 0 Å². The van der Waals surface area contributed by atoms with Crippen LogP contribution in [0.15, 0.2) is 18.2 Å². The van der Waals surface area contributed by atoms with Crippen LogP contribution in [0.25, 0.3) is 0 Å². The third-order valence-electron chi connectivity index (χ3n) is 3.69. The summed E-state index contributed by atoms with van der Waals surface area (Å²) in [4.78, 5) is 13.6. The Bertz CT molecular complexity index is 472. The van der Waals surface area contributed by atoms with Crippen molar-refractivity contribution < 1.29 is 13.6 Å². The van der Waals surface area contributed by atoms with Gasteiger partial charge < -0.3 is 10.2 Å². The minimum atomic E-state index is -0.606. The SMILES string of the molecule is O=C1CC(Nc2cc(F)cc(F)c2)C2CCCN12. The summed E-state index contributed by atoms with van der Waals surface area (Å²) in [7, 11) is 0. The number of nitrogens with one attached hydrogen (secondary N) is 1. The van der Waals surface area contributed by atoms with Crippen molar-refractivity contribution in [3.05, 3.63) is 29.8 Å². The van der Waals surface area contributed by atoms with Gasteiger partial charge in [0.25, 0.3) is 0 Å². The zero-order chi connectivity index (χ0) is 12.7. The van der Waals surface area contributed by atoms with E-state index < -0.39 is 11.6 Å². The number of carbonyl (C=O) groups excluding carboxylic acids is 1. The number of anilines is 1. The number of nitrogens with zero attached hydrogens (tertiary/aromatic N) is 1. The number of benzene rings is 1. The Morgan fingerprint density at radius 2 is 1.94 bits per heavy atom. The summed E-state index contributed by atoms with van der Waals surface area (Å²) in [6.45, 7) is 0.805. The fourth-order valence-electron chi connectivity index (χ4n) is 2.96. The van der Waals surface area contributed by atoms with Crippen LogP contribution in [0, 0.1) is 11.6 Å². The number of halogens is 2. The van der Waals surface area contributed by atoms with E-state index in [2.05, 4.69) is 5.32 Å². The Morgan fingerprint density at radius 1 is 1.22 bits per heavy atom. The molecule has 1 N–H and O–H groups in total. The Balaban J connectivity index is 1.78. The monoisotopic (exact) mass is 252 g/mol. The minimum absolute atomic E-state index is 0.0406. The highest BCUT2D eigenvalue weighted by Gasteiger charge is 2.42. The standard InChI is InChI=1S/C13H14F2N2O/c14-8-4-9(15)6-10(5-8)16-11-7-13(18)17-3-1-2-12(11)17/h4-6,11-12,16H,1-3,7H2. The van der Waals surface area contributed by atoms with Crippen molar-refractivity contribution in [2.75, 3.05) is 11.9 Å². The molecule has 0 spiro atoms. The third kappa shape index (κ3) is 1.94. The minimum Gasteiger partial charge on any atom is -0.380 e. The van der Waals surface area contributed by atoms with Crippen molar-refractivity contribution in [3.63, 3.8) is 0 Å². The maximum absolute atomic E-state index is 13.1. The van der Waals surface area contributed by atoms with Crippen molar-refractivity contribution in [1.82, 2.24) is 4.90 Å². The molecule has 2 saturated heterocycles. The highest BCUT2D eigenvalue weighted by molar-refractivity contribution is 5.81. The summed E-state index contributed by atoms with van der Waals surface area (Å²) in [6.07, 6.45) is 2.37. The molecular weight excluding hydrogens is 238 g/mol. The molecule has 2 fully saturated rings. The molecule has 18 heavy (non-hydrogen) atoms. The largest absolute Gasteiger partial charge is 0.380 e. The first-order valence-electron chi connectivity index (χ1n) is 6.15. The van der Waals surface area contributed by atoms with E-state index in [0.717, 1.165) is 25.5 Å². The molecule has 0 radical (unpaired) electrons. The van der Waals surface area contributed by atoms with Crippen molar-refractivity contribution >= 4 is 11.6 Å². The van der Waals surface area contributed by atoms with Gasteiger partial charge in [-0.05, 0) is 25.0 Å². The number of amides is 1. The summed E-state index contributed by atoms with van der Waals surface area (Å²) in [6, 6.07) is 3.48. The van der Waals surface area contributed by atoms with Crippen molar-refractivity contribution in [3.8, 4) is 0 Å². The van der Waals surface area contributed by atoms with E-state index in [0.29, 0.717) is 12.1 Å².